The molecule has 0 spiro atoms. The van der Waals surface area contributed by atoms with E-state index < -0.39 is 0 Å². The number of anilines is 2. The van der Waals surface area contributed by atoms with Crippen LogP contribution in [0.1, 0.15) is 51.3 Å². The molecule has 0 bridgehead atoms. The van der Waals surface area contributed by atoms with Crippen molar-refractivity contribution in [1.29, 1.82) is 0 Å². The second-order valence-electron chi connectivity index (χ2n) is 7.81. The summed E-state index contributed by atoms with van der Waals surface area (Å²) in [6, 6.07) is 14.5. The fraction of sp³-hybridized carbons (Fsp3) is 0.400. The lowest BCUT2D eigenvalue weighted by molar-refractivity contribution is 0.521. The minimum Gasteiger partial charge on any atom is -0.399 e. The van der Waals surface area contributed by atoms with Crippen LogP contribution in [0.4, 0.5) is 11.4 Å². The van der Waals surface area contributed by atoms with E-state index in [2.05, 4.69) is 65.0 Å². The van der Waals surface area contributed by atoms with Gasteiger partial charge in [0.1, 0.15) is 0 Å². The summed E-state index contributed by atoms with van der Waals surface area (Å²) in [5.74, 6) is 0. The zero-order valence-electron chi connectivity index (χ0n) is 14.4. The predicted molar refractivity (Wildman–Crippen MR) is 97.1 cm³/mol. The summed E-state index contributed by atoms with van der Waals surface area (Å²) in [5, 5.41) is 0. The monoisotopic (exact) mass is 296 g/mol. The fourth-order valence-corrected chi connectivity index (χ4v) is 2.96. The second kappa shape index (κ2) is 5.68. The molecule has 0 atom stereocenters. The van der Waals surface area contributed by atoms with E-state index in [4.69, 9.17) is 11.5 Å². The topological polar surface area (TPSA) is 52.0 Å². The largest absolute Gasteiger partial charge is 0.399 e. The first-order valence-corrected chi connectivity index (χ1v) is 7.85. The number of hydrogen-bond donors (Lipinski definition) is 2. The zero-order chi connectivity index (χ0) is 16.5. The molecule has 2 rings (SSSR count). The predicted octanol–water partition coefficient (Wildman–Crippen LogP) is 4.67. The molecule has 0 fully saturated rings. The van der Waals surface area contributed by atoms with Crippen LogP contribution in [0.25, 0.3) is 0 Å². The number of rotatable bonds is 3. The Kier molecular flexibility index (Phi) is 4.23. The third-order valence-electron chi connectivity index (χ3n) is 4.30. The van der Waals surface area contributed by atoms with Gasteiger partial charge in [0.15, 0.2) is 0 Å². The van der Waals surface area contributed by atoms with Gasteiger partial charge in [-0.05, 0) is 46.1 Å². The smallest absolute Gasteiger partial charge is 0.0384 e. The van der Waals surface area contributed by atoms with Gasteiger partial charge >= 0.3 is 0 Å². The van der Waals surface area contributed by atoms with Gasteiger partial charge in [0.2, 0.25) is 0 Å². The molecule has 0 aliphatic carbocycles. The van der Waals surface area contributed by atoms with E-state index in [1.807, 2.05) is 12.1 Å². The molecule has 2 heteroatoms. The molecule has 22 heavy (non-hydrogen) atoms. The van der Waals surface area contributed by atoms with Gasteiger partial charge in [-0.1, -0.05) is 65.0 Å². The van der Waals surface area contributed by atoms with Crippen LogP contribution in [0.3, 0.4) is 0 Å². The van der Waals surface area contributed by atoms with Crippen molar-refractivity contribution in [3.05, 3.63) is 59.2 Å². The average Bonchev–Trinajstić information content (AvgIpc) is 2.39. The summed E-state index contributed by atoms with van der Waals surface area (Å²) in [6.45, 7) is 11.1. The van der Waals surface area contributed by atoms with E-state index in [0.29, 0.717) is 0 Å². The van der Waals surface area contributed by atoms with Gasteiger partial charge in [0.25, 0.3) is 0 Å². The van der Waals surface area contributed by atoms with Crippen molar-refractivity contribution in [2.75, 3.05) is 11.5 Å². The number of para-hydroxylation sites is 1. The van der Waals surface area contributed by atoms with E-state index in [1.165, 1.54) is 16.7 Å². The van der Waals surface area contributed by atoms with Gasteiger partial charge in [0, 0.05) is 11.4 Å². The van der Waals surface area contributed by atoms with Crippen molar-refractivity contribution in [1.82, 2.24) is 0 Å². The Morgan fingerprint density at radius 3 is 2.09 bits per heavy atom. The number of benzene rings is 2. The van der Waals surface area contributed by atoms with Gasteiger partial charge in [-0.25, -0.2) is 0 Å². The lowest BCUT2D eigenvalue weighted by atomic mass is 9.77. The van der Waals surface area contributed by atoms with Crippen molar-refractivity contribution >= 4 is 11.4 Å². The second-order valence-corrected chi connectivity index (χ2v) is 7.81. The average molecular weight is 296 g/mol. The van der Waals surface area contributed by atoms with Gasteiger partial charge in [0.05, 0.1) is 0 Å². The summed E-state index contributed by atoms with van der Waals surface area (Å²) >= 11 is 0. The van der Waals surface area contributed by atoms with E-state index in [0.717, 1.165) is 17.8 Å². The third-order valence-corrected chi connectivity index (χ3v) is 4.30. The molecule has 0 aromatic heterocycles. The molecule has 2 nitrogen and oxygen atoms in total. The van der Waals surface area contributed by atoms with Crippen molar-refractivity contribution in [2.45, 2.75) is 51.9 Å². The van der Waals surface area contributed by atoms with Gasteiger partial charge in [-0.3, -0.25) is 0 Å². The standard InChI is InChI=1S/C20H28N2/c1-19(2,3)17-11-6-8-14(18(17)22)13-20(4,5)15-9-7-10-16(21)12-15/h6-12H,13,21-22H2,1-5H3. The van der Waals surface area contributed by atoms with Crippen LogP contribution in [0, 0.1) is 0 Å². The normalized spacial score (nSPS) is 12.4. The van der Waals surface area contributed by atoms with Crippen molar-refractivity contribution in [3.63, 3.8) is 0 Å². The summed E-state index contributed by atoms with van der Waals surface area (Å²) < 4.78 is 0. The first kappa shape index (κ1) is 16.4. The van der Waals surface area contributed by atoms with Crippen LogP contribution in [-0.2, 0) is 17.3 Å². The first-order valence-electron chi connectivity index (χ1n) is 7.85. The van der Waals surface area contributed by atoms with Gasteiger partial charge in [-0.15, -0.1) is 0 Å². The van der Waals surface area contributed by atoms with Crippen LogP contribution < -0.4 is 11.5 Å². The van der Waals surface area contributed by atoms with Crippen LogP contribution in [0.5, 0.6) is 0 Å². The first-order chi connectivity index (χ1) is 10.1. The molecule has 4 N–H and O–H groups in total. The maximum atomic E-state index is 6.46. The molecule has 0 unspecified atom stereocenters. The maximum Gasteiger partial charge on any atom is 0.0384 e. The van der Waals surface area contributed by atoms with E-state index in [1.54, 1.807) is 0 Å². The number of nitrogen functional groups attached to an aromatic ring is 2. The molecule has 0 saturated heterocycles. The van der Waals surface area contributed by atoms with Crippen molar-refractivity contribution < 1.29 is 0 Å². The molecule has 0 heterocycles. The van der Waals surface area contributed by atoms with E-state index in [9.17, 15) is 0 Å². The lowest BCUT2D eigenvalue weighted by Crippen LogP contribution is -2.23. The fourth-order valence-electron chi connectivity index (χ4n) is 2.96. The Morgan fingerprint density at radius 1 is 0.864 bits per heavy atom. The molecule has 0 aliphatic rings. The summed E-state index contributed by atoms with van der Waals surface area (Å²) in [7, 11) is 0. The van der Waals surface area contributed by atoms with Crippen LogP contribution in [-0.4, -0.2) is 0 Å². The maximum absolute atomic E-state index is 6.46. The lowest BCUT2D eigenvalue weighted by Gasteiger charge is -2.29. The molecular formula is C20H28N2. The van der Waals surface area contributed by atoms with Gasteiger partial charge in [-0.2, -0.15) is 0 Å². The Morgan fingerprint density at radius 2 is 1.50 bits per heavy atom. The number of hydrogen-bond acceptors (Lipinski definition) is 2. The Balaban J connectivity index is 2.38. The highest BCUT2D eigenvalue weighted by molar-refractivity contribution is 5.57. The highest BCUT2D eigenvalue weighted by Crippen LogP contribution is 2.35. The zero-order valence-corrected chi connectivity index (χ0v) is 14.4. The quantitative estimate of drug-likeness (QED) is 0.809. The molecule has 2 aromatic rings. The number of nitrogens with two attached hydrogens (primary N) is 2. The Labute approximate surface area is 134 Å². The van der Waals surface area contributed by atoms with Crippen LogP contribution in [0.15, 0.2) is 42.5 Å². The molecule has 0 radical (unpaired) electrons. The SMILES string of the molecule is CC(C)(C)c1cccc(CC(C)(C)c2cccc(N)c2)c1N. The molecule has 2 aromatic carbocycles. The minimum atomic E-state index is -0.0139. The molecular weight excluding hydrogens is 268 g/mol. The van der Waals surface area contributed by atoms with Crippen LogP contribution >= 0.6 is 0 Å². The van der Waals surface area contributed by atoms with Crippen molar-refractivity contribution in [3.8, 4) is 0 Å². The summed E-state index contributed by atoms with van der Waals surface area (Å²) in [5.41, 5.74) is 17.8. The molecule has 0 saturated carbocycles. The third kappa shape index (κ3) is 3.44. The van der Waals surface area contributed by atoms with E-state index in [-0.39, 0.29) is 10.8 Å². The Hall–Kier alpha value is -1.96. The molecule has 118 valence electrons. The Bertz CT molecular complexity index is 664. The van der Waals surface area contributed by atoms with E-state index >= 15 is 0 Å². The highest BCUT2D eigenvalue weighted by Gasteiger charge is 2.25. The van der Waals surface area contributed by atoms with Crippen LogP contribution in [0.2, 0.25) is 0 Å². The van der Waals surface area contributed by atoms with Crippen molar-refractivity contribution in [2.24, 2.45) is 0 Å². The highest BCUT2D eigenvalue weighted by atomic mass is 14.6. The van der Waals surface area contributed by atoms with Gasteiger partial charge < -0.3 is 11.5 Å². The molecule has 0 aliphatic heterocycles. The molecule has 0 amide bonds. The summed E-state index contributed by atoms with van der Waals surface area (Å²) in [4.78, 5) is 0. The summed E-state index contributed by atoms with van der Waals surface area (Å²) in [6.07, 6.45) is 0.895. The minimum absolute atomic E-state index is 0.0139.